The normalized spacial score (nSPS) is 13.2. The summed E-state index contributed by atoms with van der Waals surface area (Å²) in [4.78, 5) is 23.7. The van der Waals surface area contributed by atoms with E-state index >= 15 is 0 Å². The number of pyridine rings is 1. The molecule has 5 rings (SSSR count). The summed E-state index contributed by atoms with van der Waals surface area (Å²) in [7, 11) is 0. The predicted molar refractivity (Wildman–Crippen MR) is 117 cm³/mol. The van der Waals surface area contributed by atoms with Crippen LogP contribution in [0.25, 0.3) is 10.2 Å². The van der Waals surface area contributed by atoms with E-state index in [-0.39, 0.29) is 18.0 Å². The van der Waals surface area contributed by atoms with E-state index in [1.165, 1.54) is 28.5 Å². The first kappa shape index (κ1) is 19.8. The molecule has 156 valence electrons. The smallest absolute Gasteiger partial charge is 0.260 e. The van der Waals surface area contributed by atoms with E-state index < -0.39 is 11.6 Å². The lowest BCUT2D eigenvalue weighted by Crippen LogP contribution is -2.31. The molecule has 0 fully saturated rings. The Morgan fingerprint density at radius 2 is 1.87 bits per heavy atom. The molecular formula is C24H19F2N3OS. The third kappa shape index (κ3) is 3.93. The molecule has 0 aliphatic heterocycles. The number of rotatable bonds is 4. The highest BCUT2D eigenvalue weighted by Crippen LogP contribution is 2.33. The van der Waals surface area contributed by atoms with Crippen LogP contribution in [0.2, 0.25) is 0 Å². The van der Waals surface area contributed by atoms with Crippen LogP contribution in [0.5, 0.6) is 0 Å². The molecule has 0 unspecified atom stereocenters. The van der Waals surface area contributed by atoms with E-state index in [0.29, 0.717) is 21.1 Å². The molecule has 0 N–H and O–H groups in total. The van der Waals surface area contributed by atoms with E-state index in [4.69, 9.17) is 0 Å². The molecule has 0 saturated heterocycles. The molecular weight excluding hydrogens is 416 g/mol. The fourth-order valence-electron chi connectivity index (χ4n) is 3.96. The van der Waals surface area contributed by atoms with Crippen LogP contribution in [0.1, 0.15) is 40.0 Å². The van der Waals surface area contributed by atoms with Crippen molar-refractivity contribution < 1.29 is 13.6 Å². The van der Waals surface area contributed by atoms with Gasteiger partial charge in [0.1, 0.15) is 11.3 Å². The fraction of sp³-hybridized carbons (Fsp3) is 0.208. The lowest BCUT2D eigenvalue weighted by molar-refractivity contribution is 0.0984. The predicted octanol–water partition coefficient (Wildman–Crippen LogP) is 5.70. The van der Waals surface area contributed by atoms with E-state index in [2.05, 4.69) is 9.97 Å². The number of fused-ring (bicyclic) bond motifs is 2. The number of aromatic nitrogens is 2. The van der Waals surface area contributed by atoms with Gasteiger partial charge < -0.3 is 0 Å². The molecule has 1 aliphatic carbocycles. The Kier molecular flexibility index (Phi) is 5.19. The molecule has 0 spiro atoms. The van der Waals surface area contributed by atoms with Crippen molar-refractivity contribution in [1.82, 2.24) is 9.97 Å². The molecule has 4 nitrogen and oxygen atoms in total. The van der Waals surface area contributed by atoms with Crippen LogP contribution in [0, 0.1) is 11.6 Å². The Balaban J connectivity index is 1.57. The van der Waals surface area contributed by atoms with Gasteiger partial charge in [-0.2, -0.15) is 0 Å². The third-order valence-electron chi connectivity index (χ3n) is 5.52. The van der Waals surface area contributed by atoms with Crippen LogP contribution in [0.3, 0.4) is 0 Å². The number of thiazole rings is 1. The van der Waals surface area contributed by atoms with E-state index in [9.17, 15) is 13.6 Å². The average Bonchev–Trinajstić information content (AvgIpc) is 3.21. The number of carbonyl (C=O) groups is 1. The number of nitrogens with zero attached hydrogens (tertiary/aromatic N) is 3. The Bertz CT molecular complexity index is 1270. The summed E-state index contributed by atoms with van der Waals surface area (Å²) in [6, 6.07) is 13.3. The van der Waals surface area contributed by atoms with E-state index in [0.717, 1.165) is 36.7 Å². The summed E-state index contributed by atoms with van der Waals surface area (Å²) in [6.07, 6.45) is 5.93. The summed E-state index contributed by atoms with van der Waals surface area (Å²) in [6.45, 7) is 0.181. The van der Waals surface area contributed by atoms with Crippen molar-refractivity contribution in [2.75, 3.05) is 4.90 Å². The second kappa shape index (κ2) is 8.15. The fourth-order valence-corrected chi connectivity index (χ4v) is 4.97. The summed E-state index contributed by atoms with van der Waals surface area (Å²) in [5.41, 5.74) is 3.79. The molecule has 2 aromatic carbocycles. The van der Waals surface area contributed by atoms with Gasteiger partial charge in [-0.25, -0.2) is 13.8 Å². The number of halogens is 2. The van der Waals surface area contributed by atoms with Crippen molar-refractivity contribution >= 4 is 32.6 Å². The summed E-state index contributed by atoms with van der Waals surface area (Å²) >= 11 is 1.09. The van der Waals surface area contributed by atoms with Gasteiger partial charge in [-0.15, -0.1) is 0 Å². The number of amides is 1. The van der Waals surface area contributed by atoms with Crippen LogP contribution in [0.15, 0.2) is 54.7 Å². The molecule has 2 heterocycles. The molecule has 1 aliphatic rings. The summed E-state index contributed by atoms with van der Waals surface area (Å²) in [5, 5.41) is 0.313. The van der Waals surface area contributed by atoms with Crippen LogP contribution >= 0.6 is 11.3 Å². The van der Waals surface area contributed by atoms with Crippen LogP contribution < -0.4 is 4.90 Å². The number of anilines is 1. The minimum Gasteiger partial charge on any atom is -0.278 e. The van der Waals surface area contributed by atoms with Crippen LogP contribution in [0.4, 0.5) is 13.9 Å². The zero-order valence-electron chi connectivity index (χ0n) is 16.6. The van der Waals surface area contributed by atoms with E-state index in [1.54, 1.807) is 12.3 Å². The first-order valence-corrected chi connectivity index (χ1v) is 11.0. The number of hydrogen-bond donors (Lipinski definition) is 0. The molecule has 1 amide bonds. The lowest BCUT2D eigenvalue weighted by atomic mass is 9.90. The minimum atomic E-state index is -0.739. The van der Waals surface area contributed by atoms with Crippen LogP contribution in [-0.2, 0) is 19.4 Å². The van der Waals surface area contributed by atoms with Crippen molar-refractivity contribution in [3.63, 3.8) is 0 Å². The van der Waals surface area contributed by atoms with Gasteiger partial charge in [0, 0.05) is 17.8 Å². The lowest BCUT2D eigenvalue weighted by Gasteiger charge is -2.21. The zero-order valence-corrected chi connectivity index (χ0v) is 17.5. The molecule has 0 radical (unpaired) electrons. The molecule has 7 heteroatoms. The first-order valence-electron chi connectivity index (χ1n) is 10.2. The number of hydrogen-bond acceptors (Lipinski definition) is 4. The third-order valence-corrected chi connectivity index (χ3v) is 6.55. The largest absolute Gasteiger partial charge is 0.278 e. The van der Waals surface area contributed by atoms with Gasteiger partial charge in [0.15, 0.2) is 10.9 Å². The monoisotopic (exact) mass is 435 g/mol. The SMILES string of the molecule is O=C(c1ccc2c(c1)CCCC2)N(Cc1ccccn1)c1nc2c(F)cc(F)cc2s1. The zero-order chi connectivity index (χ0) is 21.4. The molecule has 0 atom stereocenters. The maximum Gasteiger partial charge on any atom is 0.260 e. The molecule has 4 aromatic rings. The van der Waals surface area contributed by atoms with Crippen molar-refractivity contribution in [3.8, 4) is 0 Å². The number of carbonyl (C=O) groups excluding carboxylic acids is 1. The Morgan fingerprint density at radius 1 is 1.03 bits per heavy atom. The van der Waals surface area contributed by atoms with Gasteiger partial charge >= 0.3 is 0 Å². The maximum absolute atomic E-state index is 14.3. The summed E-state index contributed by atoms with van der Waals surface area (Å²) in [5.74, 6) is -1.65. The quantitative estimate of drug-likeness (QED) is 0.413. The molecule has 0 saturated carbocycles. The van der Waals surface area contributed by atoms with Crippen molar-refractivity contribution in [3.05, 3.63) is 88.7 Å². The van der Waals surface area contributed by atoms with Crippen molar-refractivity contribution in [2.24, 2.45) is 0 Å². The van der Waals surface area contributed by atoms with Crippen molar-refractivity contribution in [1.29, 1.82) is 0 Å². The number of benzene rings is 2. The first-order chi connectivity index (χ1) is 15.1. The highest BCUT2D eigenvalue weighted by atomic mass is 32.1. The highest BCUT2D eigenvalue weighted by Gasteiger charge is 2.24. The second-order valence-electron chi connectivity index (χ2n) is 7.63. The standard InChI is InChI=1S/C24H19F2N3OS/c25-18-12-20(26)22-21(13-18)31-24(28-22)29(14-19-7-3-4-10-27-19)23(30)17-9-8-15-5-1-2-6-16(15)11-17/h3-4,7-13H,1-2,5-6,14H2. The van der Waals surface area contributed by atoms with Crippen molar-refractivity contribution in [2.45, 2.75) is 32.2 Å². The maximum atomic E-state index is 14.3. The second-order valence-corrected chi connectivity index (χ2v) is 8.64. The highest BCUT2D eigenvalue weighted by molar-refractivity contribution is 7.22. The average molecular weight is 435 g/mol. The van der Waals surface area contributed by atoms with Crippen LogP contribution in [-0.4, -0.2) is 15.9 Å². The molecule has 2 aromatic heterocycles. The Hall–Kier alpha value is -3.19. The molecule has 0 bridgehead atoms. The van der Waals surface area contributed by atoms with E-state index in [1.807, 2.05) is 30.3 Å². The minimum absolute atomic E-state index is 0.0608. The molecule has 31 heavy (non-hydrogen) atoms. The van der Waals surface area contributed by atoms with Gasteiger partial charge in [-0.1, -0.05) is 23.5 Å². The Labute approximate surface area is 182 Å². The van der Waals surface area contributed by atoms with Gasteiger partial charge in [0.2, 0.25) is 0 Å². The summed E-state index contributed by atoms with van der Waals surface area (Å²) < 4.78 is 28.3. The van der Waals surface area contributed by atoms with Gasteiger partial charge in [-0.3, -0.25) is 14.7 Å². The number of aryl methyl sites for hydroxylation is 2. The van der Waals surface area contributed by atoms with Gasteiger partial charge in [-0.05, 0) is 67.1 Å². The Morgan fingerprint density at radius 3 is 2.68 bits per heavy atom. The van der Waals surface area contributed by atoms with Gasteiger partial charge in [0.05, 0.1) is 16.9 Å². The van der Waals surface area contributed by atoms with Gasteiger partial charge in [0.25, 0.3) is 5.91 Å². The topological polar surface area (TPSA) is 46.1 Å².